The Bertz CT molecular complexity index is 426. The van der Waals surface area contributed by atoms with Crippen LogP contribution in [0.1, 0.15) is 46.5 Å². The molecule has 6 nitrogen and oxygen atoms in total. The van der Waals surface area contributed by atoms with Gasteiger partial charge in [-0.3, -0.25) is 4.99 Å². The zero-order valence-electron chi connectivity index (χ0n) is 13.4. The molecule has 0 aromatic rings. The Labute approximate surface area is 129 Å². The molecule has 0 bridgehead atoms. The van der Waals surface area contributed by atoms with E-state index in [1.54, 1.807) is 0 Å². The lowest BCUT2D eigenvalue weighted by Crippen LogP contribution is -2.45. The van der Waals surface area contributed by atoms with Gasteiger partial charge in [-0.05, 0) is 44.4 Å². The fourth-order valence-corrected chi connectivity index (χ4v) is 3.07. The maximum absolute atomic E-state index is 10.9. The smallest absolute Gasteiger partial charge is 0.210 e. The minimum atomic E-state index is -3.45. The molecule has 0 atom stereocenters. The molecule has 0 radical (unpaired) electrons. The molecule has 1 saturated carbocycles. The van der Waals surface area contributed by atoms with E-state index in [-0.39, 0.29) is 12.3 Å². The molecule has 0 unspecified atom stereocenters. The van der Waals surface area contributed by atoms with Gasteiger partial charge in [0.05, 0.1) is 12.3 Å². The van der Waals surface area contributed by atoms with Crippen molar-refractivity contribution in [3.05, 3.63) is 0 Å². The third-order valence-corrected chi connectivity index (χ3v) is 4.80. The molecule has 0 aromatic carbocycles. The predicted molar refractivity (Wildman–Crippen MR) is 87.7 cm³/mol. The normalized spacial score (nSPS) is 24.1. The van der Waals surface area contributed by atoms with Gasteiger partial charge in [0, 0.05) is 12.6 Å². The van der Waals surface area contributed by atoms with Crippen molar-refractivity contribution in [3.63, 3.8) is 0 Å². The molecule has 0 aromatic heterocycles. The molecule has 0 saturated heterocycles. The number of nitrogens with one attached hydrogen (secondary N) is 2. The minimum Gasteiger partial charge on any atom is -0.357 e. The lowest BCUT2D eigenvalue weighted by atomic mass is 9.80. The van der Waals surface area contributed by atoms with Crippen molar-refractivity contribution in [1.29, 1.82) is 0 Å². The second-order valence-electron chi connectivity index (χ2n) is 6.13. The number of sulfonamides is 1. The fourth-order valence-electron chi connectivity index (χ4n) is 2.73. The highest BCUT2D eigenvalue weighted by Crippen LogP contribution is 2.29. The summed E-state index contributed by atoms with van der Waals surface area (Å²) in [6, 6.07) is 0.423. The number of nitrogens with two attached hydrogens (primary N) is 1. The summed E-state index contributed by atoms with van der Waals surface area (Å²) in [6.45, 7) is 7.51. The summed E-state index contributed by atoms with van der Waals surface area (Å²) in [4.78, 5) is 4.28. The number of hydrogen-bond acceptors (Lipinski definition) is 3. The van der Waals surface area contributed by atoms with E-state index in [0.717, 1.165) is 31.2 Å². The molecule has 1 aliphatic carbocycles. The van der Waals surface area contributed by atoms with Crippen molar-refractivity contribution in [3.8, 4) is 0 Å². The van der Waals surface area contributed by atoms with Gasteiger partial charge in [0.2, 0.25) is 10.0 Å². The molecular weight excluding hydrogens is 288 g/mol. The number of hydrogen-bond donors (Lipinski definition) is 3. The van der Waals surface area contributed by atoms with Crippen molar-refractivity contribution in [1.82, 2.24) is 10.6 Å². The van der Waals surface area contributed by atoms with Crippen LogP contribution >= 0.6 is 0 Å². The Balaban J connectivity index is 2.46. The van der Waals surface area contributed by atoms with Gasteiger partial charge in [0.15, 0.2) is 5.96 Å². The van der Waals surface area contributed by atoms with E-state index in [0.29, 0.717) is 12.0 Å². The Kier molecular flexibility index (Phi) is 7.45. The average molecular weight is 318 g/mol. The van der Waals surface area contributed by atoms with Crippen LogP contribution in [0.5, 0.6) is 0 Å². The highest BCUT2D eigenvalue weighted by molar-refractivity contribution is 7.89. The van der Waals surface area contributed by atoms with Crippen LogP contribution < -0.4 is 15.8 Å². The van der Waals surface area contributed by atoms with Gasteiger partial charge in [-0.25, -0.2) is 13.6 Å². The molecule has 1 fully saturated rings. The first kappa shape index (κ1) is 18.2. The van der Waals surface area contributed by atoms with Crippen molar-refractivity contribution < 1.29 is 8.42 Å². The van der Waals surface area contributed by atoms with E-state index in [2.05, 4.69) is 29.5 Å². The van der Waals surface area contributed by atoms with E-state index >= 15 is 0 Å². The summed E-state index contributed by atoms with van der Waals surface area (Å²) in [5.41, 5.74) is 0. The second-order valence-corrected chi connectivity index (χ2v) is 7.86. The number of primary sulfonamides is 1. The molecule has 0 spiro atoms. The van der Waals surface area contributed by atoms with E-state index in [9.17, 15) is 8.42 Å². The van der Waals surface area contributed by atoms with Crippen LogP contribution in [0.3, 0.4) is 0 Å². The first-order valence-corrected chi connectivity index (χ1v) is 9.58. The molecule has 0 aliphatic heterocycles. The van der Waals surface area contributed by atoms with Crippen LogP contribution in [0.15, 0.2) is 4.99 Å². The monoisotopic (exact) mass is 318 g/mol. The summed E-state index contributed by atoms with van der Waals surface area (Å²) < 4.78 is 21.9. The molecule has 0 amide bonds. The highest BCUT2D eigenvalue weighted by Gasteiger charge is 2.23. The Morgan fingerprint density at radius 3 is 2.38 bits per heavy atom. The lowest BCUT2D eigenvalue weighted by Gasteiger charge is -2.32. The van der Waals surface area contributed by atoms with E-state index in [4.69, 9.17) is 5.14 Å². The summed E-state index contributed by atoms with van der Waals surface area (Å²) in [7, 11) is -3.45. The van der Waals surface area contributed by atoms with Gasteiger partial charge >= 0.3 is 0 Å². The SMILES string of the molecule is CCNC(=NCCS(N)(=O)=O)NC1CCC(C(C)C)CC1. The third kappa shape index (κ3) is 7.66. The number of nitrogens with zero attached hydrogens (tertiary/aromatic N) is 1. The zero-order valence-corrected chi connectivity index (χ0v) is 14.2. The van der Waals surface area contributed by atoms with Crippen LogP contribution in [0.4, 0.5) is 0 Å². The zero-order chi connectivity index (χ0) is 15.9. The number of guanidine groups is 1. The largest absolute Gasteiger partial charge is 0.357 e. The van der Waals surface area contributed by atoms with Crippen molar-refractivity contribution >= 4 is 16.0 Å². The van der Waals surface area contributed by atoms with Gasteiger partial charge in [-0.2, -0.15) is 0 Å². The third-order valence-electron chi connectivity index (χ3n) is 4.05. The van der Waals surface area contributed by atoms with Gasteiger partial charge in [-0.1, -0.05) is 13.8 Å². The Morgan fingerprint density at radius 2 is 1.90 bits per heavy atom. The summed E-state index contributed by atoms with van der Waals surface area (Å²) in [6.07, 6.45) is 4.77. The predicted octanol–water partition coefficient (Wildman–Crippen LogP) is 1.04. The first-order chi connectivity index (χ1) is 9.81. The van der Waals surface area contributed by atoms with Gasteiger partial charge < -0.3 is 10.6 Å². The molecule has 21 heavy (non-hydrogen) atoms. The van der Waals surface area contributed by atoms with Crippen LogP contribution in [0.25, 0.3) is 0 Å². The van der Waals surface area contributed by atoms with Crippen LogP contribution in [-0.4, -0.2) is 39.3 Å². The van der Waals surface area contributed by atoms with Crippen LogP contribution in [0, 0.1) is 11.8 Å². The minimum absolute atomic E-state index is 0.121. The van der Waals surface area contributed by atoms with Crippen LogP contribution in [-0.2, 0) is 10.0 Å². The standard InChI is InChI=1S/C14H30N4O2S/c1-4-16-14(17-9-10-21(15,19)20)18-13-7-5-12(6-8-13)11(2)3/h11-13H,4-10H2,1-3H3,(H2,15,19,20)(H2,16,17,18). The molecule has 124 valence electrons. The maximum atomic E-state index is 10.9. The van der Waals surface area contributed by atoms with Crippen molar-refractivity contribution in [2.45, 2.75) is 52.5 Å². The van der Waals surface area contributed by atoms with Crippen molar-refractivity contribution in [2.24, 2.45) is 22.0 Å². The molecule has 4 N–H and O–H groups in total. The average Bonchev–Trinajstić information content (AvgIpc) is 2.38. The molecule has 1 aliphatic rings. The topological polar surface area (TPSA) is 96.6 Å². The second kappa shape index (κ2) is 8.58. The van der Waals surface area contributed by atoms with E-state index in [1.165, 1.54) is 12.8 Å². The molecule has 1 rings (SSSR count). The molecule has 0 heterocycles. The quantitative estimate of drug-likeness (QED) is 0.503. The lowest BCUT2D eigenvalue weighted by molar-refractivity contribution is 0.250. The maximum Gasteiger partial charge on any atom is 0.210 e. The van der Waals surface area contributed by atoms with Gasteiger partial charge in [0.1, 0.15) is 0 Å². The summed E-state index contributed by atoms with van der Waals surface area (Å²) in [5.74, 6) is 2.14. The Morgan fingerprint density at radius 1 is 1.29 bits per heavy atom. The molecule has 7 heteroatoms. The van der Waals surface area contributed by atoms with Crippen molar-refractivity contribution in [2.75, 3.05) is 18.8 Å². The first-order valence-electron chi connectivity index (χ1n) is 7.87. The summed E-state index contributed by atoms with van der Waals surface area (Å²) >= 11 is 0. The fraction of sp³-hybridized carbons (Fsp3) is 0.929. The van der Waals surface area contributed by atoms with E-state index < -0.39 is 10.0 Å². The van der Waals surface area contributed by atoms with E-state index in [1.807, 2.05) is 6.92 Å². The summed E-state index contributed by atoms with van der Waals surface area (Å²) in [5, 5.41) is 11.5. The number of rotatable bonds is 6. The Hall–Kier alpha value is -0.820. The van der Waals surface area contributed by atoms with Gasteiger partial charge in [0.25, 0.3) is 0 Å². The molecular formula is C14H30N4O2S. The van der Waals surface area contributed by atoms with Gasteiger partial charge in [-0.15, -0.1) is 0 Å². The van der Waals surface area contributed by atoms with Crippen LogP contribution in [0.2, 0.25) is 0 Å². The number of aliphatic imine (C=N–C) groups is 1. The highest BCUT2D eigenvalue weighted by atomic mass is 32.2.